The van der Waals surface area contributed by atoms with Crippen molar-refractivity contribution in [3.05, 3.63) is 16.1 Å². The van der Waals surface area contributed by atoms with Gasteiger partial charge in [-0.1, -0.05) is 0 Å². The molecule has 0 radical (unpaired) electrons. The molecule has 1 unspecified atom stereocenters. The van der Waals surface area contributed by atoms with E-state index in [0.717, 1.165) is 23.5 Å². The van der Waals surface area contributed by atoms with Gasteiger partial charge in [0.2, 0.25) is 11.8 Å². The molecule has 2 amide bonds. The van der Waals surface area contributed by atoms with E-state index < -0.39 is 11.9 Å². The second kappa shape index (κ2) is 6.34. The molecule has 1 aromatic rings. The second-order valence-electron chi connectivity index (χ2n) is 4.54. The van der Waals surface area contributed by atoms with Crippen molar-refractivity contribution in [2.24, 2.45) is 5.73 Å². The van der Waals surface area contributed by atoms with Gasteiger partial charge in [0, 0.05) is 11.9 Å². The van der Waals surface area contributed by atoms with E-state index in [1.165, 1.54) is 11.3 Å². The van der Waals surface area contributed by atoms with E-state index in [-0.39, 0.29) is 12.3 Å². The molecular formula is C12H16ClN3O2S. The summed E-state index contributed by atoms with van der Waals surface area (Å²) >= 11 is 7.09. The molecule has 0 aliphatic carbocycles. The maximum absolute atomic E-state index is 12.2. The van der Waals surface area contributed by atoms with Gasteiger partial charge in [0.1, 0.15) is 11.0 Å². The summed E-state index contributed by atoms with van der Waals surface area (Å²) in [6, 6.07) is -0.464. The number of rotatable bonds is 4. The predicted octanol–water partition coefficient (Wildman–Crippen LogP) is 1.29. The van der Waals surface area contributed by atoms with Gasteiger partial charge in [-0.05, 0) is 19.3 Å². The third kappa shape index (κ3) is 3.45. The standard InChI is InChI=1S/C12H16ClN3O2S/c13-6-8-7-19-10(15-8)5-11(17)16-4-2-1-3-9(16)12(14)18/h7,9H,1-6H2,(H2,14,18). The molecule has 5 nitrogen and oxygen atoms in total. The van der Waals surface area contributed by atoms with Gasteiger partial charge < -0.3 is 10.6 Å². The fraction of sp³-hybridized carbons (Fsp3) is 0.583. The molecule has 0 bridgehead atoms. The molecule has 1 aliphatic rings. The summed E-state index contributed by atoms with van der Waals surface area (Å²) in [6.07, 6.45) is 2.72. The zero-order valence-electron chi connectivity index (χ0n) is 10.5. The molecule has 104 valence electrons. The van der Waals surface area contributed by atoms with Crippen molar-refractivity contribution in [1.82, 2.24) is 9.88 Å². The molecule has 1 aromatic heterocycles. The van der Waals surface area contributed by atoms with Gasteiger partial charge in [-0.2, -0.15) is 0 Å². The van der Waals surface area contributed by atoms with Crippen LogP contribution in [0, 0.1) is 0 Å². The molecule has 1 atom stereocenters. The Hall–Kier alpha value is -1.14. The highest BCUT2D eigenvalue weighted by Gasteiger charge is 2.30. The van der Waals surface area contributed by atoms with Crippen LogP contribution in [0.15, 0.2) is 5.38 Å². The van der Waals surface area contributed by atoms with Crippen LogP contribution in [0.3, 0.4) is 0 Å². The zero-order chi connectivity index (χ0) is 13.8. The Morgan fingerprint density at radius 2 is 2.32 bits per heavy atom. The first-order chi connectivity index (χ1) is 9.11. The molecule has 1 saturated heterocycles. The molecule has 19 heavy (non-hydrogen) atoms. The average molecular weight is 302 g/mol. The number of likely N-dealkylation sites (tertiary alicyclic amines) is 1. The molecule has 2 rings (SSSR count). The monoisotopic (exact) mass is 301 g/mol. The molecule has 1 fully saturated rings. The second-order valence-corrected chi connectivity index (χ2v) is 5.75. The van der Waals surface area contributed by atoms with Crippen LogP contribution in [-0.4, -0.2) is 34.3 Å². The highest BCUT2D eigenvalue weighted by Crippen LogP contribution is 2.19. The number of nitrogens with two attached hydrogens (primary N) is 1. The lowest BCUT2D eigenvalue weighted by Gasteiger charge is -2.33. The van der Waals surface area contributed by atoms with Crippen LogP contribution in [0.5, 0.6) is 0 Å². The number of primary amides is 1. The van der Waals surface area contributed by atoms with E-state index in [4.69, 9.17) is 17.3 Å². The van der Waals surface area contributed by atoms with Gasteiger partial charge in [0.05, 0.1) is 18.0 Å². The maximum Gasteiger partial charge on any atom is 0.240 e. The van der Waals surface area contributed by atoms with Crippen LogP contribution in [0.25, 0.3) is 0 Å². The largest absolute Gasteiger partial charge is 0.368 e. The van der Waals surface area contributed by atoms with Crippen LogP contribution in [0.1, 0.15) is 30.0 Å². The Morgan fingerprint density at radius 1 is 1.53 bits per heavy atom. The predicted molar refractivity (Wildman–Crippen MR) is 73.9 cm³/mol. The molecule has 7 heteroatoms. The van der Waals surface area contributed by atoms with E-state index in [1.807, 2.05) is 5.38 Å². The minimum atomic E-state index is -0.464. The minimum Gasteiger partial charge on any atom is -0.368 e. The lowest BCUT2D eigenvalue weighted by Crippen LogP contribution is -2.50. The number of aromatic nitrogens is 1. The number of carbonyl (C=O) groups excluding carboxylic acids is 2. The van der Waals surface area contributed by atoms with Crippen molar-refractivity contribution in [1.29, 1.82) is 0 Å². The number of nitrogens with zero attached hydrogens (tertiary/aromatic N) is 2. The van der Waals surface area contributed by atoms with Gasteiger partial charge in [0.15, 0.2) is 0 Å². The van der Waals surface area contributed by atoms with E-state index in [1.54, 1.807) is 4.90 Å². The molecule has 0 spiro atoms. The van der Waals surface area contributed by atoms with Crippen LogP contribution in [0.4, 0.5) is 0 Å². The highest BCUT2D eigenvalue weighted by molar-refractivity contribution is 7.09. The Balaban J connectivity index is 2.03. The fourth-order valence-electron chi connectivity index (χ4n) is 2.25. The SMILES string of the molecule is NC(=O)C1CCCCN1C(=O)Cc1nc(CCl)cs1. The number of amides is 2. The molecular weight excluding hydrogens is 286 g/mol. The fourth-order valence-corrected chi connectivity index (χ4v) is 3.26. The van der Waals surface area contributed by atoms with E-state index in [0.29, 0.717) is 18.8 Å². The van der Waals surface area contributed by atoms with Crippen LogP contribution in [0.2, 0.25) is 0 Å². The summed E-state index contributed by atoms with van der Waals surface area (Å²) < 4.78 is 0. The van der Waals surface area contributed by atoms with Crippen molar-refractivity contribution in [2.75, 3.05) is 6.54 Å². The Labute approximate surface area is 120 Å². The molecule has 0 saturated carbocycles. The number of piperidine rings is 1. The molecule has 2 heterocycles. The Morgan fingerprint density at radius 3 is 2.95 bits per heavy atom. The number of alkyl halides is 1. The first-order valence-electron chi connectivity index (χ1n) is 6.20. The van der Waals surface area contributed by atoms with Gasteiger partial charge in [-0.15, -0.1) is 22.9 Å². The summed E-state index contributed by atoms with van der Waals surface area (Å²) in [5, 5.41) is 2.58. The topological polar surface area (TPSA) is 76.3 Å². The van der Waals surface area contributed by atoms with E-state index in [9.17, 15) is 9.59 Å². The molecule has 2 N–H and O–H groups in total. The van der Waals surface area contributed by atoms with Gasteiger partial charge in [-0.25, -0.2) is 4.98 Å². The van der Waals surface area contributed by atoms with Gasteiger partial charge in [-0.3, -0.25) is 9.59 Å². The molecule has 0 aromatic carbocycles. The normalized spacial score (nSPS) is 19.4. The van der Waals surface area contributed by atoms with E-state index >= 15 is 0 Å². The number of carbonyl (C=O) groups is 2. The summed E-state index contributed by atoms with van der Waals surface area (Å²) in [5.74, 6) is -0.161. The number of halogens is 1. The third-order valence-electron chi connectivity index (χ3n) is 3.19. The summed E-state index contributed by atoms with van der Waals surface area (Å²) in [6.45, 7) is 0.597. The Bertz CT molecular complexity index is 477. The van der Waals surface area contributed by atoms with Crippen LogP contribution >= 0.6 is 22.9 Å². The van der Waals surface area contributed by atoms with Crippen molar-refractivity contribution in [3.63, 3.8) is 0 Å². The third-order valence-corrected chi connectivity index (χ3v) is 4.36. The average Bonchev–Trinajstić information content (AvgIpc) is 2.86. The van der Waals surface area contributed by atoms with Crippen molar-refractivity contribution in [3.8, 4) is 0 Å². The molecule has 1 aliphatic heterocycles. The van der Waals surface area contributed by atoms with Crippen molar-refractivity contribution < 1.29 is 9.59 Å². The number of hydrogen-bond acceptors (Lipinski definition) is 4. The quantitative estimate of drug-likeness (QED) is 0.851. The smallest absolute Gasteiger partial charge is 0.240 e. The van der Waals surface area contributed by atoms with Crippen molar-refractivity contribution >= 4 is 34.8 Å². The summed E-state index contributed by atoms with van der Waals surface area (Å²) in [7, 11) is 0. The number of thiazole rings is 1. The summed E-state index contributed by atoms with van der Waals surface area (Å²) in [5.41, 5.74) is 6.13. The maximum atomic E-state index is 12.2. The first kappa shape index (κ1) is 14.3. The lowest BCUT2D eigenvalue weighted by atomic mass is 10.0. The highest BCUT2D eigenvalue weighted by atomic mass is 35.5. The van der Waals surface area contributed by atoms with Gasteiger partial charge in [0.25, 0.3) is 0 Å². The van der Waals surface area contributed by atoms with E-state index in [2.05, 4.69) is 4.98 Å². The summed E-state index contributed by atoms with van der Waals surface area (Å²) in [4.78, 5) is 29.4. The van der Waals surface area contributed by atoms with Crippen LogP contribution < -0.4 is 5.73 Å². The zero-order valence-corrected chi connectivity index (χ0v) is 12.0. The first-order valence-corrected chi connectivity index (χ1v) is 7.61. The van der Waals surface area contributed by atoms with Crippen LogP contribution in [-0.2, 0) is 21.9 Å². The van der Waals surface area contributed by atoms with Crippen molar-refractivity contribution in [2.45, 2.75) is 37.6 Å². The lowest BCUT2D eigenvalue weighted by molar-refractivity contribution is -0.140. The van der Waals surface area contributed by atoms with Gasteiger partial charge >= 0.3 is 0 Å². The number of hydrogen-bond donors (Lipinski definition) is 1. The minimum absolute atomic E-state index is 0.0843. The Kier molecular flexibility index (Phi) is 4.76.